The number of phenolic OH excluding ortho intramolecular Hbond substituents is 2. The predicted molar refractivity (Wildman–Crippen MR) is 109 cm³/mol. The summed E-state index contributed by atoms with van der Waals surface area (Å²) in [6.45, 7) is 0.447. The Morgan fingerprint density at radius 2 is 1.05 bits per heavy atom. The maximum Gasteiger partial charge on any atom is 0.430 e. The van der Waals surface area contributed by atoms with Crippen molar-refractivity contribution in [3.05, 3.63) is 47.5 Å². The summed E-state index contributed by atoms with van der Waals surface area (Å²) in [6, 6.07) is 1.85. The molecule has 2 rings (SSSR count). The fraction of sp³-hybridized carbons (Fsp3) is 0.429. The van der Waals surface area contributed by atoms with Crippen molar-refractivity contribution in [2.75, 3.05) is 11.5 Å². The van der Waals surface area contributed by atoms with Gasteiger partial charge < -0.3 is 26.4 Å². The Bertz CT molecular complexity index is 1270. The largest absolute Gasteiger partial charge is 0.506 e. The lowest BCUT2D eigenvalue weighted by Crippen LogP contribution is -2.69. The number of rotatable bonds is 11. The van der Waals surface area contributed by atoms with Gasteiger partial charge in [0.25, 0.3) is 0 Å². The highest BCUT2D eigenvalue weighted by Crippen LogP contribution is 2.60. The Morgan fingerprint density at radius 3 is 1.51 bits per heavy atom. The second kappa shape index (κ2) is 10.1. The van der Waals surface area contributed by atoms with Gasteiger partial charge in [-0.05, 0) is 42.8 Å². The Kier molecular flexibility index (Phi) is 8.36. The molecule has 6 N–H and O–H groups in total. The van der Waals surface area contributed by atoms with Crippen LogP contribution in [0.2, 0.25) is 0 Å². The highest BCUT2D eigenvalue weighted by molar-refractivity contribution is 5.54. The molecule has 0 aromatic heterocycles. The number of phenols is 2. The highest BCUT2D eigenvalue weighted by Gasteiger charge is 2.89. The van der Waals surface area contributed by atoms with Gasteiger partial charge in [-0.15, -0.1) is 0 Å². The van der Waals surface area contributed by atoms with Crippen LogP contribution in [0.1, 0.15) is 24.2 Å². The summed E-state index contributed by atoms with van der Waals surface area (Å²) >= 11 is 0. The molecule has 0 heterocycles. The molecule has 6 nitrogen and oxygen atoms in total. The topological polar surface area (TPSA) is 111 Å². The summed E-state index contributed by atoms with van der Waals surface area (Å²) in [5.41, 5.74) is 5.74. The van der Waals surface area contributed by atoms with Crippen molar-refractivity contribution in [1.29, 1.82) is 0 Å². The molecule has 0 aliphatic rings. The van der Waals surface area contributed by atoms with Gasteiger partial charge in [-0.25, -0.2) is 4.74 Å². The molecule has 41 heavy (non-hydrogen) atoms. The average Bonchev–Trinajstić information content (AvgIpc) is 2.80. The third-order valence-electron chi connectivity index (χ3n) is 5.38. The van der Waals surface area contributed by atoms with E-state index in [1.54, 1.807) is 0 Å². The van der Waals surface area contributed by atoms with Crippen molar-refractivity contribution in [3.8, 4) is 11.5 Å². The lowest BCUT2D eigenvalue weighted by molar-refractivity contribution is -0.513. The molecule has 1 atom stereocenters. The van der Waals surface area contributed by atoms with E-state index >= 15 is 0 Å². The smallest absolute Gasteiger partial charge is 0.430 e. The molecule has 0 spiro atoms. The van der Waals surface area contributed by atoms with Gasteiger partial charge in [0.05, 0.1) is 17.5 Å². The molecule has 2 aromatic rings. The number of ether oxygens (including phenoxy) is 2. The minimum Gasteiger partial charge on any atom is -0.506 e. The quantitative estimate of drug-likeness (QED) is 0.124. The van der Waals surface area contributed by atoms with Crippen LogP contribution in [0.3, 0.4) is 0 Å². The predicted octanol–water partition coefficient (Wildman–Crippen LogP) is 6.83. The monoisotopic (exact) mass is 626 g/mol. The van der Waals surface area contributed by atoms with Crippen molar-refractivity contribution in [2.45, 2.75) is 55.0 Å². The second-order valence-electron chi connectivity index (χ2n) is 8.30. The molecule has 0 aliphatic heterocycles. The van der Waals surface area contributed by atoms with Crippen LogP contribution in [0, 0.1) is 0 Å². The first-order valence-corrected chi connectivity index (χ1v) is 10.4. The molecule has 20 heteroatoms. The van der Waals surface area contributed by atoms with Crippen LogP contribution in [0.5, 0.6) is 11.5 Å². The van der Waals surface area contributed by atoms with E-state index < -0.39 is 82.1 Å². The summed E-state index contributed by atoms with van der Waals surface area (Å²) in [5, 5.41) is 18.4. The molecule has 0 saturated heterocycles. The first-order chi connectivity index (χ1) is 18.2. The van der Waals surface area contributed by atoms with E-state index in [-0.39, 0.29) is 18.2 Å². The first-order valence-electron chi connectivity index (χ1n) is 10.4. The summed E-state index contributed by atoms with van der Waals surface area (Å²) in [7, 11) is 0. The molecule has 1 unspecified atom stereocenters. The number of aromatic hydroxyl groups is 2. The standard InChI is InChI=1S/C21H16F14N2O4/c1-8(9-2-4-13(38)11(36)6-9)40-20(32,33)17(26,27)16(24,25)18(28,29)21(34,35)41-19(30,31)15(22,23)10-3-5-14(39)12(37)7-10/h2-8,38-39H,36-37H2,1H3. The normalized spacial score (nSPS) is 15.2. The zero-order chi connectivity index (χ0) is 32.2. The van der Waals surface area contributed by atoms with E-state index in [1.165, 1.54) is 0 Å². The second-order valence-corrected chi connectivity index (χ2v) is 8.30. The van der Waals surface area contributed by atoms with Gasteiger partial charge in [-0.1, -0.05) is 6.07 Å². The van der Waals surface area contributed by atoms with Gasteiger partial charge >= 0.3 is 42.0 Å². The number of nitrogen functional groups attached to an aromatic ring is 2. The molecule has 232 valence electrons. The van der Waals surface area contributed by atoms with E-state index in [0.29, 0.717) is 25.1 Å². The zero-order valence-electron chi connectivity index (χ0n) is 19.7. The minimum atomic E-state index is -8.05. The van der Waals surface area contributed by atoms with E-state index in [2.05, 4.69) is 4.74 Å². The summed E-state index contributed by atoms with van der Waals surface area (Å²) in [5.74, 6) is -31.6. The van der Waals surface area contributed by atoms with Crippen LogP contribution in [0.25, 0.3) is 0 Å². The average molecular weight is 626 g/mol. The SMILES string of the molecule is CC(OC(F)(F)C(F)(F)C(F)(F)C(F)(F)C(F)(F)OC(F)(F)C(F)(F)c1ccc(O)c(N)c1)c1ccc(O)c(N)c1. The van der Waals surface area contributed by atoms with Crippen LogP contribution >= 0.6 is 0 Å². The van der Waals surface area contributed by atoms with Gasteiger partial charge in [-0.3, -0.25) is 0 Å². The summed E-state index contributed by atoms with van der Waals surface area (Å²) in [4.78, 5) is 0. The molecular weight excluding hydrogens is 610 g/mol. The molecule has 0 aliphatic carbocycles. The zero-order valence-corrected chi connectivity index (χ0v) is 19.7. The molecule has 0 bridgehead atoms. The van der Waals surface area contributed by atoms with Crippen molar-refractivity contribution >= 4 is 11.4 Å². The maximum absolute atomic E-state index is 14.2. The van der Waals surface area contributed by atoms with Crippen LogP contribution in [-0.4, -0.2) is 46.3 Å². The Balaban J connectivity index is 2.43. The lowest BCUT2D eigenvalue weighted by atomic mass is 10.0. The summed E-state index contributed by atoms with van der Waals surface area (Å²) < 4.78 is 202. The van der Waals surface area contributed by atoms with Crippen LogP contribution < -0.4 is 11.5 Å². The third kappa shape index (κ3) is 5.57. The Morgan fingerprint density at radius 1 is 0.610 bits per heavy atom. The van der Waals surface area contributed by atoms with E-state index in [0.717, 1.165) is 0 Å². The van der Waals surface area contributed by atoms with Crippen molar-refractivity contribution in [3.63, 3.8) is 0 Å². The highest BCUT2D eigenvalue weighted by atomic mass is 19.4. The fourth-order valence-corrected chi connectivity index (χ4v) is 2.96. The summed E-state index contributed by atoms with van der Waals surface area (Å²) in [6.07, 6.45) is -23.8. The van der Waals surface area contributed by atoms with E-state index in [9.17, 15) is 66.6 Å². The molecule has 0 radical (unpaired) electrons. The van der Waals surface area contributed by atoms with Gasteiger partial charge in [-0.2, -0.15) is 61.5 Å². The first kappa shape index (κ1) is 33.8. The van der Waals surface area contributed by atoms with Crippen LogP contribution in [-0.2, 0) is 15.4 Å². The Hall–Kier alpha value is -3.42. The van der Waals surface area contributed by atoms with Crippen molar-refractivity contribution < 1.29 is 81.2 Å². The van der Waals surface area contributed by atoms with Crippen molar-refractivity contribution in [1.82, 2.24) is 0 Å². The number of hydrogen-bond acceptors (Lipinski definition) is 6. The van der Waals surface area contributed by atoms with Gasteiger partial charge in [0, 0.05) is 5.56 Å². The Labute approximate surface area is 219 Å². The van der Waals surface area contributed by atoms with Crippen LogP contribution in [0.15, 0.2) is 36.4 Å². The van der Waals surface area contributed by atoms with Crippen LogP contribution in [0.4, 0.5) is 72.8 Å². The molecule has 0 saturated carbocycles. The van der Waals surface area contributed by atoms with Gasteiger partial charge in [0.15, 0.2) is 0 Å². The fourth-order valence-electron chi connectivity index (χ4n) is 2.96. The molecule has 0 fully saturated rings. The lowest BCUT2D eigenvalue weighted by Gasteiger charge is -2.40. The minimum absolute atomic E-state index is 0.108. The molecule has 0 amide bonds. The van der Waals surface area contributed by atoms with E-state index in [4.69, 9.17) is 16.6 Å². The van der Waals surface area contributed by atoms with E-state index in [1.807, 2.05) is 4.74 Å². The molecule has 2 aromatic carbocycles. The number of alkyl halides is 14. The number of anilines is 2. The van der Waals surface area contributed by atoms with Gasteiger partial charge in [0.1, 0.15) is 11.5 Å². The van der Waals surface area contributed by atoms with Gasteiger partial charge in [0.2, 0.25) is 0 Å². The number of benzene rings is 2. The number of nitrogens with two attached hydrogens (primary N) is 2. The maximum atomic E-state index is 14.2. The number of halogens is 14. The number of hydrogen-bond donors (Lipinski definition) is 4. The van der Waals surface area contributed by atoms with Crippen molar-refractivity contribution in [2.24, 2.45) is 0 Å². The third-order valence-corrected chi connectivity index (χ3v) is 5.38. The molecular formula is C21H16F14N2O4.